The number of aldehydes is 1. The van der Waals surface area contributed by atoms with Crippen molar-refractivity contribution in [2.24, 2.45) is 0 Å². The number of hydrogen-bond donors (Lipinski definition) is 2. The maximum atomic E-state index is 11.8. The summed E-state index contributed by atoms with van der Waals surface area (Å²) < 4.78 is 10.2. The monoisotopic (exact) mass is 398 g/mol. The van der Waals surface area contributed by atoms with Crippen LogP contribution in [0.15, 0.2) is 60.7 Å². The van der Waals surface area contributed by atoms with Gasteiger partial charge in [-0.2, -0.15) is 0 Å². The molecule has 154 valence electrons. The van der Waals surface area contributed by atoms with Gasteiger partial charge in [0, 0.05) is 6.54 Å². The van der Waals surface area contributed by atoms with Gasteiger partial charge in [0.05, 0.1) is 6.04 Å². The number of ether oxygens (including phenoxy) is 2. The minimum absolute atomic E-state index is 0.146. The van der Waals surface area contributed by atoms with E-state index >= 15 is 0 Å². The van der Waals surface area contributed by atoms with Crippen molar-refractivity contribution < 1.29 is 23.9 Å². The third-order valence-electron chi connectivity index (χ3n) is 4.10. The second-order valence-corrected chi connectivity index (χ2v) is 6.43. The average Bonchev–Trinajstić information content (AvgIpc) is 2.76. The predicted octanol–water partition coefficient (Wildman–Crippen LogP) is 3.58. The number of rotatable bonds is 11. The summed E-state index contributed by atoms with van der Waals surface area (Å²) in [6.45, 7) is 0.791. The SMILES string of the molecule is O=C[C@H](CCCCNC(=O)OCc1ccccc1)NC(=O)OCc1ccccc1. The molecule has 0 aliphatic carbocycles. The molecule has 2 amide bonds. The van der Waals surface area contributed by atoms with Crippen LogP contribution in [0.4, 0.5) is 9.59 Å². The van der Waals surface area contributed by atoms with Crippen molar-refractivity contribution in [3.8, 4) is 0 Å². The molecule has 2 rings (SSSR count). The molecule has 0 unspecified atom stereocenters. The number of carbonyl (C=O) groups is 3. The molecule has 0 aromatic heterocycles. The summed E-state index contributed by atoms with van der Waals surface area (Å²) in [6.07, 6.45) is 1.35. The Labute approximate surface area is 170 Å². The van der Waals surface area contributed by atoms with E-state index in [9.17, 15) is 14.4 Å². The van der Waals surface area contributed by atoms with Gasteiger partial charge in [-0.05, 0) is 30.4 Å². The summed E-state index contributed by atoms with van der Waals surface area (Å²) in [5, 5.41) is 5.20. The summed E-state index contributed by atoms with van der Waals surface area (Å²) in [6, 6.07) is 18.1. The molecule has 29 heavy (non-hydrogen) atoms. The maximum Gasteiger partial charge on any atom is 0.408 e. The Hall–Kier alpha value is -3.35. The van der Waals surface area contributed by atoms with Gasteiger partial charge in [-0.3, -0.25) is 0 Å². The highest BCUT2D eigenvalue weighted by Crippen LogP contribution is 2.03. The van der Waals surface area contributed by atoms with Gasteiger partial charge >= 0.3 is 12.2 Å². The van der Waals surface area contributed by atoms with Gasteiger partial charge in [-0.1, -0.05) is 60.7 Å². The van der Waals surface area contributed by atoms with Crippen LogP contribution in [-0.2, 0) is 27.5 Å². The van der Waals surface area contributed by atoms with Crippen LogP contribution < -0.4 is 10.6 Å². The van der Waals surface area contributed by atoms with Crippen LogP contribution in [-0.4, -0.2) is 31.1 Å². The molecule has 0 saturated carbocycles. The minimum atomic E-state index is -0.631. The highest BCUT2D eigenvalue weighted by atomic mass is 16.6. The Bertz CT molecular complexity index is 752. The number of benzene rings is 2. The highest BCUT2D eigenvalue weighted by Gasteiger charge is 2.12. The van der Waals surface area contributed by atoms with E-state index < -0.39 is 18.2 Å². The summed E-state index contributed by atoms with van der Waals surface area (Å²) in [4.78, 5) is 34.6. The number of amides is 2. The van der Waals surface area contributed by atoms with Gasteiger partial charge < -0.3 is 24.9 Å². The topological polar surface area (TPSA) is 93.7 Å². The molecular formula is C22H26N2O5. The smallest absolute Gasteiger partial charge is 0.408 e. The summed E-state index contributed by atoms with van der Waals surface area (Å²) >= 11 is 0. The lowest BCUT2D eigenvalue weighted by Gasteiger charge is -2.13. The third kappa shape index (κ3) is 9.41. The molecule has 2 aromatic rings. The zero-order chi connectivity index (χ0) is 20.7. The van der Waals surface area contributed by atoms with E-state index in [1.807, 2.05) is 60.7 Å². The molecule has 0 aliphatic heterocycles. The Morgan fingerprint density at radius 1 is 0.828 bits per heavy atom. The lowest BCUT2D eigenvalue weighted by atomic mass is 10.1. The summed E-state index contributed by atoms with van der Waals surface area (Å²) in [5.41, 5.74) is 1.79. The first-order chi connectivity index (χ1) is 14.2. The van der Waals surface area contributed by atoms with E-state index in [2.05, 4.69) is 10.6 Å². The molecular weight excluding hydrogens is 372 g/mol. The number of hydrogen-bond acceptors (Lipinski definition) is 5. The normalized spacial score (nSPS) is 11.2. The molecule has 7 nitrogen and oxygen atoms in total. The van der Waals surface area contributed by atoms with Crippen LogP contribution >= 0.6 is 0 Å². The zero-order valence-corrected chi connectivity index (χ0v) is 16.2. The molecule has 0 heterocycles. The van der Waals surface area contributed by atoms with Crippen LogP contribution in [0.2, 0.25) is 0 Å². The summed E-state index contributed by atoms with van der Waals surface area (Å²) in [7, 11) is 0. The Kier molecular flexibility index (Phi) is 9.79. The van der Waals surface area contributed by atoms with Crippen LogP contribution in [0.25, 0.3) is 0 Å². The molecule has 0 spiro atoms. The molecule has 0 bridgehead atoms. The van der Waals surface area contributed by atoms with Gasteiger partial charge in [0.1, 0.15) is 19.5 Å². The number of unbranched alkanes of at least 4 members (excludes halogenated alkanes) is 1. The van der Waals surface area contributed by atoms with Gasteiger partial charge in [0.15, 0.2) is 0 Å². The van der Waals surface area contributed by atoms with E-state index in [-0.39, 0.29) is 13.2 Å². The Morgan fingerprint density at radius 2 is 1.38 bits per heavy atom. The summed E-state index contributed by atoms with van der Waals surface area (Å²) in [5.74, 6) is 0. The van der Waals surface area contributed by atoms with Crippen molar-refractivity contribution in [3.63, 3.8) is 0 Å². The van der Waals surface area contributed by atoms with E-state index in [1.165, 1.54) is 0 Å². The first-order valence-electron chi connectivity index (χ1n) is 9.54. The van der Waals surface area contributed by atoms with Crippen LogP contribution in [0, 0.1) is 0 Å². The van der Waals surface area contributed by atoms with Crippen molar-refractivity contribution >= 4 is 18.5 Å². The zero-order valence-electron chi connectivity index (χ0n) is 16.2. The van der Waals surface area contributed by atoms with E-state index in [0.29, 0.717) is 32.1 Å². The minimum Gasteiger partial charge on any atom is -0.445 e. The maximum absolute atomic E-state index is 11.8. The fourth-order valence-electron chi connectivity index (χ4n) is 2.54. The predicted molar refractivity (Wildman–Crippen MR) is 108 cm³/mol. The lowest BCUT2D eigenvalue weighted by molar-refractivity contribution is -0.109. The van der Waals surface area contributed by atoms with Crippen molar-refractivity contribution in [3.05, 3.63) is 71.8 Å². The molecule has 0 fully saturated rings. The molecule has 2 aromatic carbocycles. The van der Waals surface area contributed by atoms with Crippen molar-refractivity contribution in [1.29, 1.82) is 0 Å². The molecule has 7 heteroatoms. The number of carbonyl (C=O) groups excluding carboxylic acids is 3. The second kappa shape index (κ2) is 12.9. The second-order valence-electron chi connectivity index (χ2n) is 6.43. The van der Waals surface area contributed by atoms with Crippen molar-refractivity contribution in [2.75, 3.05) is 6.54 Å². The highest BCUT2D eigenvalue weighted by molar-refractivity contribution is 5.73. The molecule has 2 N–H and O–H groups in total. The van der Waals surface area contributed by atoms with E-state index in [1.54, 1.807) is 0 Å². The number of alkyl carbamates (subject to hydrolysis) is 2. The number of nitrogens with one attached hydrogen (secondary N) is 2. The van der Waals surface area contributed by atoms with Crippen LogP contribution in [0.5, 0.6) is 0 Å². The lowest BCUT2D eigenvalue weighted by Crippen LogP contribution is -2.36. The van der Waals surface area contributed by atoms with Crippen molar-refractivity contribution in [2.45, 2.75) is 38.5 Å². The first kappa shape index (κ1) is 21.9. The van der Waals surface area contributed by atoms with Gasteiger partial charge in [0.2, 0.25) is 0 Å². The van der Waals surface area contributed by atoms with Gasteiger partial charge in [-0.25, -0.2) is 9.59 Å². The Balaban J connectivity index is 1.53. The average molecular weight is 398 g/mol. The first-order valence-corrected chi connectivity index (χ1v) is 9.54. The third-order valence-corrected chi connectivity index (χ3v) is 4.10. The molecule has 0 saturated heterocycles. The quantitative estimate of drug-likeness (QED) is 0.446. The van der Waals surface area contributed by atoms with Crippen LogP contribution in [0.3, 0.4) is 0 Å². The Morgan fingerprint density at radius 3 is 1.93 bits per heavy atom. The standard InChI is InChI=1S/C22H26N2O5/c25-15-20(24-22(27)29-17-19-11-5-2-6-12-19)13-7-8-14-23-21(26)28-16-18-9-3-1-4-10-18/h1-6,9-12,15,20H,7-8,13-14,16-17H2,(H,23,26)(H,24,27)/t20-/m0/s1. The fourth-order valence-corrected chi connectivity index (χ4v) is 2.54. The van der Waals surface area contributed by atoms with Crippen molar-refractivity contribution in [1.82, 2.24) is 10.6 Å². The molecule has 0 aliphatic rings. The van der Waals surface area contributed by atoms with E-state index in [4.69, 9.17) is 9.47 Å². The molecule has 0 radical (unpaired) electrons. The largest absolute Gasteiger partial charge is 0.445 e. The van der Waals surface area contributed by atoms with Crippen LogP contribution in [0.1, 0.15) is 30.4 Å². The van der Waals surface area contributed by atoms with Gasteiger partial charge in [-0.15, -0.1) is 0 Å². The van der Waals surface area contributed by atoms with E-state index in [0.717, 1.165) is 11.1 Å². The van der Waals surface area contributed by atoms with Gasteiger partial charge in [0.25, 0.3) is 0 Å². The molecule has 1 atom stereocenters. The fraction of sp³-hybridized carbons (Fsp3) is 0.318.